The van der Waals surface area contributed by atoms with E-state index in [9.17, 15) is 0 Å². The molecule has 2 N–H and O–H groups in total. The van der Waals surface area contributed by atoms with Gasteiger partial charge in [-0.15, -0.1) is 0 Å². The van der Waals surface area contributed by atoms with Crippen molar-refractivity contribution in [3.63, 3.8) is 0 Å². The van der Waals surface area contributed by atoms with Gasteiger partial charge in [-0.25, -0.2) is 4.98 Å². The average molecular weight is 241 g/mol. The molecular weight excluding hydrogens is 226 g/mol. The number of rotatable bonds is 2. The van der Waals surface area contributed by atoms with Gasteiger partial charge in [0.15, 0.2) is 0 Å². The lowest BCUT2D eigenvalue weighted by molar-refractivity contribution is 0.534. The lowest BCUT2D eigenvalue weighted by Gasteiger charge is -1.99. The molecule has 0 amide bonds. The molecule has 2 heterocycles. The van der Waals surface area contributed by atoms with Gasteiger partial charge in [0, 0.05) is 13.6 Å². The van der Waals surface area contributed by atoms with Gasteiger partial charge in [-0.2, -0.15) is 0 Å². The maximum absolute atomic E-state index is 5.75. The van der Waals surface area contributed by atoms with Crippen LogP contribution in [0, 0.1) is 6.92 Å². The van der Waals surface area contributed by atoms with Crippen LogP contribution in [0.3, 0.4) is 0 Å². The summed E-state index contributed by atoms with van der Waals surface area (Å²) < 4.78 is 7.42. The molecule has 4 nitrogen and oxygen atoms in total. The molecule has 3 aromatic rings. The van der Waals surface area contributed by atoms with Crippen molar-refractivity contribution in [2.45, 2.75) is 13.5 Å². The largest absolute Gasteiger partial charge is 0.469 e. The van der Waals surface area contributed by atoms with Crippen LogP contribution in [0.2, 0.25) is 0 Å². The molecule has 0 aliphatic carbocycles. The number of furan rings is 1. The van der Waals surface area contributed by atoms with E-state index < -0.39 is 0 Å². The predicted octanol–water partition coefficient (Wildman–Crippen LogP) is 2.60. The third-order valence-corrected chi connectivity index (χ3v) is 3.20. The van der Waals surface area contributed by atoms with Gasteiger partial charge in [-0.05, 0) is 24.6 Å². The Labute approximate surface area is 105 Å². The number of nitrogens with two attached hydrogens (primary N) is 1. The van der Waals surface area contributed by atoms with Gasteiger partial charge in [-0.3, -0.25) is 0 Å². The average Bonchev–Trinajstić information content (AvgIpc) is 2.94. The maximum atomic E-state index is 5.75. The van der Waals surface area contributed by atoms with E-state index in [4.69, 9.17) is 10.2 Å². The van der Waals surface area contributed by atoms with E-state index in [1.165, 1.54) is 0 Å². The van der Waals surface area contributed by atoms with Crippen LogP contribution < -0.4 is 5.73 Å². The number of hydrogen-bond donors (Lipinski definition) is 1. The van der Waals surface area contributed by atoms with E-state index in [-0.39, 0.29) is 0 Å². The van der Waals surface area contributed by atoms with Crippen molar-refractivity contribution in [2.24, 2.45) is 12.8 Å². The van der Waals surface area contributed by atoms with Crippen LogP contribution in [0.4, 0.5) is 0 Å². The summed E-state index contributed by atoms with van der Waals surface area (Å²) in [5.74, 6) is 1.79. The van der Waals surface area contributed by atoms with E-state index in [1.807, 2.05) is 32.2 Å². The summed E-state index contributed by atoms with van der Waals surface area (Å²) in [5.41, 5.74) is 9.87. The summed E-state index contributed by atoms with van der Waals surface area (Å²) in [6, 6.07) is 8.07. The second-order valence-corrected chi connectivity index (χ2v) is 4.43. The van der Waals surface area contributed by atoms with Gasteiger partial charge in [0.05, 0.1) is 16.6 Å². The van der Waals surface area contributed by atoms with Gasteiger partial charge in [0.1, 0.15) is 17.8 Å². The second kappa shape index (κ2) is 3.99. The van der Waals surface area contributed by atoms with Crippen molar-refractivity contribution in [3.05, 3.63) is 41.9 Å². The molecule has 0 radical (unpaired) electrons. The minimum atomic E-state index is 0.498. The summed E-state index contributed by atoms with van der Waals surface area (Å²) in [7, 11) is 2.01. The highest BCUT2D eigenvalue weighted by Crippen LogP contribution is 2.26. The molecule has 2 aromatic heterocycles. The first-order valence-corrected chi connectivity index (χ1v) is 5.90. The van der Waals surface area contributed by atoms with Gasteiger partial charge < -0.3 is 14.7 Å². The molecule has 0 fully saturated rings. The van der Waals surface area contributed by atoms with Crippen molar-refractivity contribution >= 4 is 11.0 Å². The number of nitrogens with zero attached hydrogens (tertiary/aromatic N) is 2. The smallest absolute Gasteiger partial charge is 0.144 e. The third kappa shape index (κ3) is 1.54. The fourth-order valence-electron chi connectivity index (χ4n) is 2.26. The van der Waals surface area contributed by atoms with Crippen molar-refractivity contribution < 1.29 is 4.42 Å². The highest BCUT2D eigenvalue weighted by atomic mass is 16.3. The molecular formula is C14H15N3O. The monoisotopic (exact) mass is 241 g/mol. The lowest BCUT2D eigenvalue weighted by atomic mass is 10.2. The summed E-state index contributed by atoms with van der Waals surface area (Å²) >= 11 is 0. The molecule has 92 valence electrons. The van der Waals surface area contributed by atoms with E-state index >= 15 is 0 Å². The van der Waals surface area contributed by atoms with Crippen LogP contribution in [0.1, 0.15) is 11.3 Å². The van der Waals surface area contributed by atoms with E-state index in [0.717, 1.165) is 33.7 Å². The van der Waals surface area contributed by atoms with E-state index in [0.29, 0.717) is 6.54 Å². The first kappa shape index (κ1) is 11.0. The van der Waals surface area contributed by atoms with Crippen LogP contribution >= 0.6 is 0 Å². The molecule has 3 rings (SSSR count). The topological polar surface area (TPSA) is 57.0 Å². The van der Waals surface area contributed by atoms with Crippen molar-refractivity contribution in [1.82, 2.24) is 9.55 Å². The van der Waals surface area contributed by atoms with Crippen LogP contribution in [0.5, 0.6) is 0 Å². The normalized spacial score (nSPS) is 11.3. The SMILES string of the molecule is Cc1cc(-c2nc3c(CN)cccc3n2C)co1. The summed E-state index contributed by atoms with van der Waals surface area (Å²) in [6.45, 7) is 2.43. The molecule has 0 aliphatic heterocycles. The van der Waals surface area contributed by atoms with Gasteiger partial charge >= 0.3 is 0 Å². The second-order valence-electron chi connectivity index (χ2n) is 4.43. The van der Waals surface area contributed by atoms with Crippen molar-refractivity contribution in [3.8, 4) is 11.4 Å². The fourth-order valence-corrected chi connectivity index (χ4v) is 2.26. The third-order valence-electron chi connectivity index (χ3n) is 3.20. The molecule has 0 saturated carbocycles. The Morgan fingerprint density at radius 3 is 2.89 bits per heavy atom. The number of aryl methyl sites for hydroxylation is 2. The van der Waals surface area contributed by atoms with Crippen molar-refractivity contribution in [1.29, 1.82) is 0 Å². The number of aromatic nitrogens is 2. The molecule has 1 aromatic carbocycles. The molecule has 0 unspecified atom stereocenters. The Balaban J connectivity index is 2.28. The van der Waals surface area contributed by atoms with E-state index in [2.05, 4.69) is 15.6 Å². The summed E-state index contributed by atoms with van der Waals surface area (Å²) in [4.78, 5) is 4.69. The summed E-state index contributed by atoms with van der Waals surface area (Å²) in [6.07, 6.45) is 1.73. The fraction of sp³-hybridized carbons (Fsp3) is 0.214. The molecule has 0 spiro atoms. The molecule has 18 heavy (non-hydrogen) atoms. The molecule has 4 heteroatoms. The summed E-state index contributed by atoms with van der Waals surface area (Å²) in [5, 5.41) is 0. The zero-order valence-electron chi connectivity index (χ0n) is 10.5. The zero-order valence-corrected chi connectivity index (χ0v) is 10.5. The molecule has 0 aliphatic rings. The minimum absolute atomic E-state index is 0.498. The maximum Gasteiger partial charge on any atom is 0.144 e. The Bertz CT molecular complexity index is 709. The molecule has 0 saturated heterocycles. The zero-order chi connectivity index (χ0) is 12.7. The first-order valence-electron chi connectivity index (χ1n) is 5.90. The van der Waals surface area contributed by atoms with Gasteiger partial charge in [-0.1, -0.05) is 12.1 Å². The Hall–Kier alpha value is -2.07. The Morgan fingerprint density at radius 2 is 2.22 bits per heavy atom. The van der Waals surface area contributed by atoms with Gasteiger partial charge in [0.2, 0.25) is 0 Å². The van der Waals surface area contributed by atoms with E-state index in [1.54, 1.807) is 6.26 Å². The standard InChI is InChI=1S/C14H15N3O/c1-9-6-11(8-18-9)14-16-13-10(7-15)4-3-5-12(13)17(14)2/h3-6,8H,7,15H2,1-2H3. The quantitative estimate of drug-likeness (QED) is 0.750. The number of fused-ring (bicyclic) bond motifs is 1. The lowest BCUT2D eigenvalue weighted by Crippen LogP contribution is -1.97. The predicted molar refractivity (Wildman–Crippen MR) is 71.0 cm³/mol. The van der Waals surface area contributed by atoms with Crippen LogP contribution in [0.25, 0.3) is 22.4 Å². The molecule has 0 atom stereocenters. The molecule has 0 bridgehead atoms. The van der Waals surface area contributed by atoms with Crippen LogP contribution in [-0.2, 0) is 13.6 Å². The van der Waals surface area contributed by atoms with Gasteiger partial charge in [0.25, 0.3) is 0 Å². The van der Waals surface area contributed by atoms with Crippen LogP contribution in [0.15, 0.2) is 34.9 Å². The highest BCUT2D eigenvalue weighted by Gasteiger charge is 2.13. The highest BCUT2D eigenvalue weighted by molar-refractivity contribution is 5.83. The van der Waals surface area contributed by atoms with Crippen molar-refractivity contribution in [2.75, 3.05) is 0 Å². The number of para-hydroxylation sites is 1. The van der Waals surface area contributed by atoms with Crippen LogP contribution in [-0.4, -0.2) is 9.55 Å². The minimum Gasteiger partial charge on any atom is -0.469 e. The first-order chi connectivity index (χ1) is 8.70. The Morgan fingerprint density at radius 1 is 1.39 bits per heavy atom. The Kier molecular flexibility index (Phi) is 2.45. The number of imidazole rings is 1. The number of benzene rings is 1. The number of hydrogen-bond acceptors (Lipinski definition) is 3.